The van der Waals surface area contributed by atoms with Gasteiger partial charge in [-0.1, -0.05) is 24.3 Å². The summed E-state index contributed by atoms with van der Waals surface area (Å²) in [4.78, 5) is 11.5. The quantitative estimate of drug-likeness (QED) is 0.338. The van der Waals surface area contributed by atoms with Gasteiger partial charge in [0.25, 0.3) is 0 Å². The molecule has 2 fully saturated rings. The van der Waals surface area contributed by atoms with Crippen LogP contribution in [0.4, 0.5) is 4.79 Å². The van der Waals surface area contributed by atoms with Crippen molar-refractivity contribution in [3.63, 3.8) is 0 Å². The molecule has 0 aromatic carbocycles. The van der Waals surface area contributed by atoms with Crippen molar-refractivity contribution in [2.75, 3.05) is 39.6 Å². The Balaban J connectivity index is 0.961. The minimum absolute atomic E-state index is 0.244. The maximum absolute atomic E-state index is 11.5. The number of rotatable bonds is 10. The molecule has 0 radical (unpaired) electrons. The highest BCUT2D eigenvalue weighted by Crippen LogP contribution is 2.44. The topological polar surface area (TPSA) is 54.0 Å². The predicted octanol–water partition coefficient (Wildman–Crippen LogP) is 3.60. The van der Waals surface area contributed by atoms with Crippen molar-refractivity contribution in [2.45, 2.75) is 25.7 Å². The van der Waals surface area contributed by atoms with E-state index in [1.54, 1.807) is 0 Å². The van der Waals surface area contributed by atoms with Crippen molar-refractivity contribution in [2.24, 2.45) is 35.5 Å². The lowest BCUT2D eigenvalue weighted by Crippen LogP contribution is -2.19. The standard InChI is InChI=1S/C21H30O5/c22-21(25-7-5-23-13-19-11-15-1-3-17(19)9-15)26-8-6-24-14-20-12-16-2-4-18(20)10-16/h1-4,15-20H,5-14H2. The molecule has 4 bridgehead atoms. The van der Waals surface area contributed by atoms with Crippen molar-refractivity contribution >= 4 is 6.16 Å². The molecule has 0 aliphatic heterocycles. The summed E-state index contributed by atoms with van der Waals surface area (Å²) in [6.45, 7) is 2.87. The van der Waals surface area contributed by atoms with Gasteiger partial charge in [0.15, 0.2) is 0 Å². The average Bonchev–Trinajstić information content (AvgIpc) is 3.42. The minimum Gasteiger partial charge on any atom is -0.432 e. The molecule has 0 amide bonds. The molecule has 4 rings (SSSR count). The van der Waals surface area contributed by atoms with E-state index in [1.165, 1.54) is 25.7 Å². The zero-order valence-corrected chi connectivity index (χ0v) is 15.4. The second kappa shape index (κ2) is 8.57. The molecule has 144 valence electrons. The molecule has 4 aliphatic carbocycles. The first-order valence-electron chi connectivity index (χ1n) is 10.1. The number of hydrogen-bond acceptors (Lipinski definition) is 5. The first-order valence-corrected chi connectivity index (χ1v) is 10.1. The Morgan fingerprint density at radius 3 is 1.58 bits per heavy atom. The highest BCUT2D eigenvalue weighted by Gasteiger charge is 2.36. The van der Waals surface area contributed by atoms with E-state index in [9.17, 15) is 4.79 Å². The summed E-state index contributed by atoms with van der Waals surface area (Å²) in [7, 11) is 0. The van der Waals surface area contributed by atoms with E-state index in [-0.39, 0.29) is 13.2 Å². The van der Waals surface area contributed by atoms with Crippen LogP contribution in [0.3, 0.4) is 0 Å². The molecule has 6 atom stereocenters. The van der Waals surface area contributed by atoms with E-state index in [1.807, 2.05) is 0 Å². The fraction of sp³-hybridized carbons (Fsp3) is 0.762. The lowest BCUT2D eigenvalue weighted by atomic mass is 9.95. The van der Waals surface area contributed by atoms with Gasteiger partial charge in [0, 0.05) is 0 Å². The number of ether oxygens (including phenoxy) is 4. The van der Waals surface area contributed by atoms with E-state index >= 15 is 0 Å². The predicted molar refractivity (Wildman–Crippen MR) is 96.6 cm³/mol. The smallest absolute Gasteiger partial charge is 0.432 e. The maximum atomic E-state index is 11.5. The van der Waals surface area contributed by atoms with Crippen LogP contribution in [-0.2, 0) is 18.9 Å². The normalized spacial score (nSPS) is 36.2. The summed E-state index contributed by atoms with van der Waals surface area (Å²) in [6.07, 6.45) is 13.7. The Hall–Kier alpha value is -1.33. The van der Waals surface area contributed by atoms with Crippen molar-refractivity contribution in [1.82, 2.24) is 0 Å². The zero-order chi connectivity index (χ0) is 17.8. The first-order chi connectivity index (χ1) is 12.8. The minimum atomic E-state index is -0.636. The molecule has 4 aliphatic rings. The fourth-order valence-electron chi connectivity index (χ4n) is 5.05. The molecule has 0 saturated heterocycles. The summed E-state index contributed by atoms with van der Waals surface area (Å²) < 4.78 is 21.3. The van der Waals surface area contributed by atoms with Gasteiger partial charge in [-0.05, 0) is 61.2 Å². The molecule has 0 aromatic heterocycles. The van der Waals surface area contributed by atoms with Gasteiger partial charge < -0.3 is 18.9 Å². The molecule has 0 heterocycles. The fourth-order valence-corrected chi connectivity index (χ4v) is 5.05. The van der Waals surface area contributed by atoms with Gasteiger partial charge in [0.1, 0.15) is 13.2 Å². The molecular formula is C21H30O5. The Kier molecular flexibility index (Phi) is 5.95. The summed E-state index contributed by atoms with van der Waals surface area (Å²) in [5.41, 5.74) is 0. The van der Waals surface area contributed by atoms with Crippen LogP contribution in [0.25, 0.3) is 0 Å². The van der Waals surface area contributed by atoms with E-state index in [4.69, 9.17) is 18.9 Å². The van der Waals surface area contributed by atoms with Gasteiger partial charge in [-0.15, -0.1) is 0 Å². The Labute approximate surface area is 155 Å². The second-order valence-corrected chi connectivity index (χ2v) is 8.18. The maximum Gasteiger partial charge on any atom is 0.508 e. The second-order valence-electron chi connectivity index (χ2n) is 8.18. The lowest BCUT2D eigenvalue weighted by Gasteiger charge is -2.18. The summed E-state index contributed by atoms with van der Waals surface area (Å²) in [6, 6.07) is 0. The number of carbonyl (C=O) groups is 1. The molecule has 5 heteroatoms. The van der Waals surface area contributed by atoms with Crippen LogP contribution in [0.1, 0.15) is 25.7 Å². The van der Waals surface area contributed by atoms with Gasteiger partial charge >= 0.3 is 6.16 Å². The van der Waals surface area contributed by atoms with Crippen LogP contribution in [0, 0.1) is 35.5 Å². The van der Waals surface area contributed by atoms with E-state index < -0.39 is 6.16 Å². The van der Waals surface area contributed by atoms with Gasteiger partial charge in [0.2, 0.25) is 0 Å². The van der Waals surface area contributed by atoms with Gasteiger partial charge in [-0.3, -0.25) is 0 Å². The van der Waals surface area contributed by atoms with Crippen LogP contribution >= 0.6 is 0 Å². The molecule has 6 unspecified atom stereocenters. The SMILES string of the molecule is O=C(OCCOCC1CC2C=CC1C2)OCCOCC1CC2C=CC1C2. The molecule has 0 spiro atoms. The van der Waals surface area contributed by atoms with Crippen LogP contribution in [0.2, 0.25) is 0 Å². The molecule has 0 aromatic rings. The van der Waals surface area contributed by atoms with E-state index in [0.29, 0.717) is 36.9 Å². The summed E-state index contributed by atoms with van der Waals surface area (Å²) in [5, 5.41) is 0. The number of hydrogen-bond donors (Lipinski definition) is 0. The van der Waals surface area contributed by atoms with Crippen molar-refractivity contribution in [3.05, 3.63) is 24.3 Å². The molecular weight excluding hydrogens is 332 g/mol. The van der Waals surface area contributed by atoms with Gasteiger partial charge in [-0.25, -0.2) is 4.79 Å². The summed E-state index contributed by atoms with van der Waals surface area (Å²) in [5.74, 6) is 4.20. The van der Waals surface area contributed by atoms with E-state index in [0.717, 1.165) is 25.0 Å². The number of carbonyl (C=O) groups excluding carboxylic acids is 1. The third-order valence-electron chi connectivity index (χ3n) is 6.39. The molecule has 5 nitrogen and oxygen atoms in total. The highest BCUT2D eigenvalue weighted by molar-refractivity contribution is 5.59. The Morgan fingerprint density at radius 1 is 0.692 bits per heavy atom. The van der Waals surface area contributed by atoms with Crippen LogP contribution < -0.4 is 0 Å². The van der Waals surface area contributed by atoms with E-state index in [2.05, 4.69) is 24.3 Å². The highest BCUT2D eigenvalue weighted by atomic mass is 16.7. The number of fused-ring (bicyclic) bond motifs is 4. The van der Waals surface area contributed by atoms with Gasteiger partial charge in [-0.2, -0.15) is 0 Å². The third-order valence-corrected chi connectivity index (χ3v) is 6.39. The largest absolute Gasteiger partial charge is 0.508 e. The Morgan fingerprint density at radius 2 is 1.19 bits per heavy atom. The van der Waals surface area contributed by atoms with Crippen molar-refractivity contribution in [3.8, 4) is 0 Å². The van der Waals surface area contributed by atoms with Crippen molar-refractivity contribution in [1.29, 1.82) is 0 Å². The summed E-state index contributed by atoms with van der Waals surface area (Å²) >= 11 is 0. The monoisotopic (exact) mass is 362 g/mol. The lowest BCUT2D eigenvalue weighted by molar-refractivity contribution is 0.000923. The first kappa shape index (κ1) is 18.1. The third kappa shape index (κ3) is 4.49. The molecule has 0 N–H and O–H groups in total. The average molecular weight is 362 g/mol. The van der Waals surface area contributed by atoms with Crippen LogP contribution in [0.15, 0.2) is 24.3 Å². The zero-order valence-electron chi connectivity index (χ0n) is 15.4. The Bertz CT molecular complexity index is 497. The molecule has 26 heavy (non-hydrogen) atoms. The van der Waals surface area contributed by atoms with Crippen LogP contribution in [0.5, 0.6) is 0 Å². The number of allylic oxidation sites excluding steroid dienone is 4. The molecule has 2 saturated carbocycles. The van der Waals surface area contributed by atoms with Crippen LogP contribution in [-0.4, -0.2) is 45.8 Å². The van der Waals surface area contributed by atoms with Crippen molar-refractivity contribution < 1.29 is 23.7 Å². The van der Waals surface area contributed by atoms with Gasteiger partial charge in [0.05, 0.1) is 26.4 Å².